The lowest BCUT2D eigenvalue weighted by Gasteiger charge is -2.14. The van der Waals surface area contributed by atoms with E-state index in [1.807, 2.05) is 31.2 Å². The highest BCUT2D eigenvalue weighted by molar-refractivity contribution is 7.80. The van der Waals surface area contributed by atoms with E-state index in [1.54, 1.807) is 18.2 Å². The fraction of sp³-hybridized carbons (Fsp3) is 0.0909. The lowest BCUT2D eigenvalue weighted by atomic mass is 10.2. The molecule has 0 unspecified atom stereocenters. The average Bonchev–Trinajstić information content (AvgIpc) is 3.34. The van der Waals surface area contributed by atoms with E-state index in [2.05, 4.69) is 5.32 Å². The van der Waals surface area contributed by atoms with Crippen molar-refractivity contribution >= 4 is 93.0 Å². The number of anilines is 1. The van der Waals surface area contributed by atoms with Gasteiger partial charge >= 0.3 is 0 Å². The minimum atomic E-state index is -0.288. The lowest BCUT2D eigenvalue weighted by Crippen LogP contribution is -2.30. The number of nitrogens with zero attached hydrogens (tertiary/aromatic N) is 1. The first-order chi connectivity index (χ1) is 15.7. The van der Waals surface area contributed by atoms with Crippen LogP contribution in [0.4, 0.5) is 5.69 Å². The Kier molecular flexibility index (Phi) is 7.15. The highest BCUT2D eigenvalue weighted by Gasteiger charge is 2.32. The van der Waals surface area contributed by atoms with Crippen molar-refractivity contribution in [2.45, 2.75) is 13.5 Å². The van der Waals surface area contributed by atoms with Gasteiger partial charge in [0.25, 0.3) is 5.91 Å². The molecule has 11 heteroatoms. The van der Waals surface area contributed by atoms with Gasteiger partial charge in [0.2, 0.25) is 0 Å². The molecule has 0 atom stereocenters. The van der Waals surface area contributed by atoms with Crippen LogP contribution in [-0.4, -0.2) is 11.0 Å². The number of aryl methyl sites for hydroxylation is 1. The molecule has 1 aromatic heterocycles. The number of carbonyl (C=O) groups excluding carboxylic acids is 1. The number of hydrogen-bond donors (Lipinski definition) is 1. The number of furan rings is 1. The maximum Gasteiger partial charge on any atom is 0.281 e. The van der Waals surface area contributed by atoms with Crippen LogP contribution in [0.15, 0.2) is 46.5 Å². The quantitative estimate of drug-likeness (QED) is 0.150. The van der Waals surface area contributed by atoms with Gasteiger partial charge in [0.1, 0.15) is 33.9 Å². The van der Waals surface area contributed by atoms with Crippen LogP contribution in [0.25, 0.3) is 6.08 Å². The Hall–Kier alpha value is -1.93. The van der Waals surface area contributed by atoms with Crippen molar-refractivity contribution in [3.8, 4) is 5.75 Å². The van der Waals surface area contributed by atoms with Crippen molar-refractivity contribution in [3.63, 3.8) is 0 Å². The van der Waals surface area contributed by atoms with Crippen LogP contribution in [0.3, 0.4) is 0 Å². The summed E-state index contributed by atoms with van der Waals surface area (Å²) in [7, 11) is 0. The second-order valence-corrected chi connectivity index (χ2v) is 9.24. The summed E-state index contributed by atoms with van der Waals surface area (Å²) in [5.41, 5.74) is 1.98. The van der Waals surface area contributed by atoms with Crippen LogP contribution in [0, 0.1) is 6.92 Å². The van der Waals surface area contributed by atoms with Crippen LogP contribution < -0.4 is 15.0 Å². The van der Waals surface area contributed by atoms with Crippen molar-refractivity contribution in [2.24, 2.45) is 0 Å². The molecule has 2 heterocycles. The molecule has 1 N–H and O–H groups in total. The van der Waals surface area contributed by atoms with Gasteiger partial charge in [-0.2, -0.15) is 0 Å². The second kappa shape index (κ2) is 9.74. The van der Waals surface area contributed by atoms with E-state index in [-0.39, 0.29) is 54.2 Å². The number of halogens is 5. The summed E-state index contributed by atoms with van der Waals surface area (Å²) in [6.07, 6.45) is 1.56. The number of hydrogen-bond acceptors (Lipinski definition) is 4. The maximum absolute atomic E-state index is 12.9. The molecular weight excluding hydrogens is 550 g/mol. The number of thiocarbonyl (C=S) groups is 1. The zero-order valence-electron chi connectivity index (χ0n) is 16.7. The van der Waals surface area contributed by atoms with Gasteiger partial charge in [-0.15, -0.1) is 0 Å². The van der Waals surface area contributed by atoms with Crippen molar-refractivity contribution in [2.75, 3.05) is 4.90 Å². The molecule has 170 valence electrons. The summed E-state index contributed by atoms with van der Waals surface area (Å²) in [5.74, 6) is 0.659. The number of ether oxygens (including phenoxy) is 1. The Morgan fingerprint density at radius 3 is 2.36 bits per heavy atom. The molecule has 0 bridgehead atoms. The molecule has 0 saturated carbocycles. The Morgan fingerprint density at radius 2 is 1.70 bits per heavy atom. The predicted molar refractivity (Wildman–Crippen MR) is 137 cm³/mol. The topological polar surface area (TPSA) is 54.7 Å². The van der Waals surface area contributed by atoms with Gasteiger partial charge in [-0.1, -0.05) is 70.1 Å². The predicted octanol–water partition coefficient (Wildman–Crippen LogP) is 7.70. The summed E-state index contributed by atoms with van der Waals surface area (Å²) in [4.78, 5) is 14.3. The first-order valence-electron chi connectivity index (χ1n) is 9.34. The lowest BCUT2D eigenvalue weighted by molar-refractivity contribution is -0.113. The molecular formula is C22H13Cl5N2O3S. The third-order valence-electron chi connectivity index (χ3n) is 4.64. The largest absolute Gasteiger partial charge is 0.482 e. The van der Waals surface area contributed by atoms with Gasteiger partial charge in [0.05, 0.1) is 20.8 Å². The van der Waals surface area contributed by atoms with E-state index in [4.69, 9.17) is 79.4 Å². The molecule has 2 aromatic carbocycles. The third-order valence-corrected chi connectivity index (χ3v) is 7.16. The van der Waals surface area contributed by atoms with E-state index >= 15 is 0 Å². The van der Waals surface area contributed by atoms with Crippen molar-refractivity contribution in [1.82, 2.24) is 5.32 Å². The molecule has 0 spiro atoms. The molecule has 4 rings (SSSR count). The van der Waals surface area contributed by atoms with Gasteiger partial charge < -0.3 is 14.5 Å². The van der Waals surface area contributed by atoms with Crippen LogP contribution in [0.1, 0.15) is 17.1 Å². The highest BCUT2D eigenvalue weighted by atomic mass is 35.5. The highest BCUT2D eigenvalue weighted by Crippen LogP contribution is 2.48. The number of nitrogens with one attached hydrogen (secondary N) is 1. The van der Waals surface area contributed by atoms with Crippen LogP contribution >= 0.6 is 70.2 Å². The molecule has 1 aliphatic rings. The maximum atomic E-state index is 12.9. The molecule has 33 heavy (non-hydrogen) atoms. The second-order valence-electron chi connectivity index (χ2n) is 6.96. The summed E-state index contributed by atoms with van der Waals surface area (Å²) in [5, 5.41) is 3.39. The van der Waals surface area contributed by atoms with E-state index in [0.29, 0.717) is 17.2 Å². The molecule has 1 fully saturated rings. The Labute approximate surface area is 219 Å². The summed E-state index contributed by atoms with van der Waals surface area (Å²) in [6.45, 7) is 1.92. The molecule has 0 aliphatic carbocycles. The Balaban J connectivity index is 1.51. The third kappa shape index (κ3) is 4.83. The average molecular weight is 563 g/mol. The van der Waals surface area contributed by atoms with Gasteiger partial charge in [0.15, 0.2) is 10.9 Å². The Morgan fingerprint density at radius 1 is 1.03 bits per heavy atom. The van der Waals surface area contributed by atoms with E-state index in [0.717, 1.165) is 5.56 Å². The zero-order valence-corrected chi connectivity index (χ0v) is 21.3. The zero-order chi connectivity index (χ0) is 23.9. The number of amides is 1. The number of benzene rings is 2. The van der Waals surface area contributed by atoms with Crippen LogP contribution in [-0.2, 0) is 11.4 Å². The van der Waals surface area contributed by atoms with Gasteiger partial charge in [0, 0.05) is 6.08 Å². The van der Waals surface area contributed by atoms with Crippen LogP contribution in [0.2, 0.25) is 25.1 Å². The van der Waals surface area contributed by atoms with E-state index in [1.165, 1.54) is 4.90 Å². The molecule has 5 nitrogen and oxygen atoms in total. The number of carbonyl (C=O) groups is 1. The van der Waals surface area contributed by atoms with Gasteiger partial charge in [-0.05, 0) is 49.0 Å². The van der Waals surface area contributed by atoms with Gasteiger partial charge in [-0.25, -0.2) is 0 Å². The molecule has 3 aromatic rings. The molecule has 0 radical (unpaired) electrons. The summed E-state index contributed by atoms with van der Waals surface area (Å²) >= 11 is 35.8. The molecule has 1 aliphatic heterocycles. The fourth-order valence-corrected chi connectivity index (χ4v) is 4.61. The standard InChI is InChI=1S/C22H13Cl5N2O3S/c1-10-3-2-4-11(7-10)29-21(30)14(28-22(29)33)8-12-5-6-13(32-12)9-31-20-18(26)16(24)15(23)17(25)19(20)27/h2-8H,9H2,1H3,(H,28,33)/b14-8+. The minimum absolute atomic E-state index is 0.0217. The normalized spacial score (nSPS) is 14.8. The van der Waals surface area contributed by atoms with Gasteiger partial charge in [-0.3, -0.25) is 9.69 Å². The summed E-state index contributed by atoms with van der Waals surface area (Å²) in [6, 6.07) is 10.9. The van der Waals surface area contributed by atoms with Crippen LogP contribution in [0.5, 0.6) is 5.75 Å². The molecule has 1 amide bonds. The first-order valence-corrected chi connectivity index (χ1v) is 11.6. The van der Waals surface area contributed by atoms with E-state index in [9.17, 15) is 4.79 Å². The fourth-order valence-electron chi connectivity index (χ4n) is 3.08. The van der Waals surface area contributed by atoms with Crippen molar-refractivity contribution in [1.29, 1.82) is 0 Å². The number of rotatable bonds is 5. The van der Waals surface area contributed by atoms with Crippen molar-refractivity contribution < 1.29 is 13.9 Å². The van der Waals surface area contributed by atoms with Crippen molar-refractivity contribution in [3.05, 3.63) is 84.3 Å². The summed E-state index contributed by atoms with van der Waals surface area (Å²) < 4.78 is 11.4. The SMILES string of the molecule is Cc1cccc(N2C(=O)/C(=C\c3ccc(COc4c(Cl)c(Cl)c(Cl)c(Cl)c4Cl)o3)NC2=S)c1. The smallest absolute Gasteiger partial charge is 0.281 e. The van der Waals surface area contributed by atoms with E-state index < -0.39 is 0 Å². The monoisotopic (exact) mass is 560 g/mol. The first kappa shape index (κ1) is 24.2. The Bertz CT molecular complexity index is 1290. The minimum Gasteiger partial charge on any atom is -0.482 e. The molecule has 1 saturated heterocycles.